The molecule has 0 unspecified atom stereocenters. The Kier molecular flexibility index (Phi) is 11.5. The number of carbonyl (C=O) groups is 3. The molecular weight excluding hydrogens is 386 g/mol. The first-order valence-corrected chi connectivity index (χ1v) is 10.6. The number of carbonyl (C=O) groups excluding carboxylic acids is 1. The summed E-state index contributed by atoms with van der Waals surface area (Å²) in [5.41, 5.74) is 3.24. The van der Waals surface area contributed by atoms with E-state index in [9.17, 15) is 4.79 Å². The monoisotopic (exact) mass is 421 g/mol. The van der Waals surface area contributed by atoms with E-state index in [4.69, 9.17) is 19.8 Å². The number of aryl methyl sites for hydroxylation is 1. The first-order valence-electron chi connectivity index (χ1n) is 10.6. The largest absolute Gasteiger partial charge is 0.473 e. The van der Waals surface area contributed by atoms with E-state index in [2.05, 4.69) is 48.4 Å². The number of aliphatic carboxylic acids is 2. The van der Waals surface area contributed by atoms with E-state index in [-0.39, 0.29) is 5.91 Å². The minimum absolute atomic E-state index is 0.0458. The van der Waals surface area contributed by atoms with Crippen molar-refractivity contribution in [2.24, 2.45) is 5.92 Å². The van der Waals surface area contributed by atoms with E-state index >= 15 is 0 Å². The molecule has 8 heteroatoms. The average molecular weight is 422 g/mol. The van der Waals surface area contributed by atoms with Crippen molar-refractivity contribution in [2.45, 2.75) is 52.9 Å². The smallest absolute Gasteiger partial charge is 0.414 e. The van der Waals surface area contributed by atoms with Crippen LogP contribution in [0.25, 0.3) is 0 Å². The van der Waals surface area contributed by atoms with Gasteiger partial charge in [-0.1, -0.05) is 19.3 Å². The number of carboxylic acids is 2. The van der Waals surface area contributed by atoms with Gasteiger partial charge in [0.15, 0.2) is 0 Å². The van der Waals surface area contributed by atoms with Crippen molar-refractivity contribution in [3.05, 3.63) is 23.8 Å². The van der Waals surface area contributed by atoms with Gasteiger partial charge < -0.3 is 25.7 Å². The van der Waals surface area contributed by atoms with Crippen LogP contribution in [0.5, 0.6) is 0 Å². The van der Waals surface area contributed by atoms with Gasteiger partial charge in [-0.3, -0.25) is 4.79 Å². The van der Waals surface area contributed by atoms with Crippen molar-refractivity contribution in [3.63, 3.8) is 0 Å². The molecule has 30 heavy (non-hydrogen) atoms. The Morgan fingerprint density at radius 1 is 1.03 bits per heavy atom. The van der Waals surface area contributed by atoms with Gasteiger partial charge in [0.1, 0.15) is 0 Å². The molecule has 0 saturated heterocycles. The van der Waals surface area contributed by atoms with Crippen molar-refractivity contribution in [1.82, 2.24) is 5.32 Å². The van der Waals surface area contributed by atoms with Crippen LogP contribution in [0.4, 0.5) is 11.4 Å². The maximum absolute atomic E-state index is 12.2. The van der Waals surface area contributed by atoms with Gasteiger partial charge in [-0.05, 0) is 69.8 Å². The molecule has 1 aliphatic rings. The number of amides is 1. The minimum Gasteiger partial charge on any atom is -0.473 e. The molecule has 1 aromatic carbocycles. The summed E-state index contributed by atoms with van der Waals surface area (Å²) >= 11 is 0. The fourth-order valence-corrected chi connectivity index (χ4v) is 3.55. The third kappa shape index (κ3) is 9.26. The molecule has 0 bridgehead atoms. The Bertz CT molecular complexity index is 686. The molecule has 168 valence electrons. The van der Waals surface area contributed by atoms with Crippen LogP contribution < -0.4 is 15.5 Å². The topological polar surface area (TPSA) is 119 Å². The normalized spacial score (nSPS) is 13.7. The third-order valence-corrected chi connectivity index (χ3v) is 5.24. The standard InChI is InChI=1S/C20H33N3O.C2H2O4/c1-4-23(5-2)18-11-12-19(16(3)13-18)22-20(24)15-21-14-17-9-7-6-8-10-17;3-1(4)2(5)6/h11-13,17,21H,4-10,14-15H2,1-3H3,(H,22,24);(H,3,4)(H,5,6). The van der Waals surface area contributed by atoms with Gasteiger partial charge >= 0.3 is 11.9 Å². The fourth-order valence-electron chi connectivity index (χ4n) is 3.55. The maximum Gasteiger partial charge on any atom is 0.414 e. The molecule has 1 fully saturated rings. The zero-order valence-electron chi connectivity index (χ0n) is 18.2. The second kappa shape index (κ2) is 13.6. The summed E-state index contributed by atoms with van der Waals surface area (Å²) in [5, 5.41) is 21.1. The van der Waals surface area contributed by atoms with E-state index in [0.29, 0.717) is 6.54 Å². The molecule has 0 aromatic heterocycles. The number of hydrogen-bond donors (Lipinski definition) is 4. The lowest BCUT2D eigenvalue weighted by atomic mass is 9.89. The van der Waals surface area contributed by atoms with Gasteiger partial charge in [0.25, 0.3) is 0 Å². The third-order valence-electron chi connectivity index (χ3n) is 5.24. The summed E-state index contributed by atoms with van der Waals surface area (Å²) < 4.78 is 0. The SMILES string of the molecule is CCN(CC)c1ccc(NC(=O)CNCC2CCCCC2)c(C)c1.O=C(O)C(=O)O. The predicted octanol–water partition coefficient (Wildman–Crippen LogP) is 3.11. The molecular formula is C22H35N3O5. The molecule has 1 aliphatic carbocycles. The zero-order valence-corrected chi connectivity index (χ0v) is 18.2. The molecule has 0 heterocycles. The number of nitrogens with zero attached hydrogens (tertiary/aromatic N) is 1. The van der Waals surface area contributed by atoms with Gasteiger partial charge in [0, 0.05) is 24.5 Å². The average Bonchev–Trinajstić information content (AvgIpc) is 2.72. The quantitative estimate of drug-likeness (QED) is 0.476. The van der Waals surface area contributed by atoms with E-state index in [0.717, 1.165) is 36.8 Å². The number of benzene rings is 1. The van der Waals surface area contributed by atoms with E-state index in [1.807, 2.05) is 6.07 Å². The molecule has 1 saturated carbocycles. The highest BCUT2D eigenvalue weighted by Crippen LogP contribution is 2.23. The van der Waals surface area contributed by atoms with E-state index < -0.39 is 11.9 Å². The van der Waals surface area contributed by atoms with Gasteiger partial charge in [0.05, 0.1) is 6.54 Å². The van der Waals surface area contributed by atoms with Crippen LogP contribution in [0.1, 0.15) is 51.5 Å². The molecule has 0 atom stereocenters. The van der Waals surface area contributed by atoms with Crippen LogP contribution in [-0.4, -0.2) is 54.2 Å². The Hall–Kier alpha value is -2.61. The number of nitrogens with one attached hydrogen (secondary N) is 2. The van der Waals surface area contributed by atoms with Crippen molar-refractivity contribution >= 4 is 29.2 Å². The minimum atomic E-state index is -1.82. The van der Waals surface area contributed by atoms with Crippen molar-refractivity contribution in [1.29, 1.82) is 0 Å². The van der Waals surface area contributed by atoms with Crippen molar-refractivity contribution in [3.8, 4) is 0 Å². The van der Waals surface area contributed by atoms with Crippen LogP contribution in [0.15, 0.2) is 18.2 Å². The summed E-state index contributed by atoms with van der Waals surface area (Å²) in [6.07, 6.45) is 6.67. The predicted molar refractivity (Wildman–Crippen MR) is 118 cm³/mol. The fraction of sp³-hybridized carbons (Fsp3) is 0.591. The maximum atomic E-state index is 12.2. The van der Waals surface area contributed by atoms with Gasteiger partial charge in [0.2, 0.25) is 5.91 Å². The Morgan fingerprint density at radius 3 is 2.13 bits per heavy atom. The number of carboxylic acid groups (broad SMARTS) is 2. The molecule has 1 amide bonds. The van der Waals surface area contributed by atoms with Crippen LogP contribution in [0.2, 0.25) is 0 Å². The Morgan fingerprint density at radius 2 is 1.63 bits per heavy atom. The second-order valence-electron chi connectivity index (χ2n) is 7.46. The van der Waals surface area contributed by atoms with Gasteiger partial charge in [-0.25, -0.2) is 9.59 Å². The molecule has 0 spiro atoms. The highest BCUT2D eigenvalue weighted by Gasteiger charge is 2.13. The van der Waals surface area contributed by atoms with Gasteiger partial charge in [-0.15, -0.1) is 0 Å². The number of rotatable bonds is 8. The van der Waals surface area contributed by atoms with Crippen LogP contribution in [0, 0.1) is 12.8 Å². The summed E-state index contributed by atoms with van der Waals surface area (Å²) in [4.78, 5) is 32.7. The molecule has 8 nitrogen and oxygen atoms in total. The first kappa shape index (κ1) is 25.4. The summed E-state index contributed by atoms with van der Waals surface area (Å²) in [6.45, 7) is 9.72. The molecule has 2 rings (SSSR count). The lowest BCUT2D eigenvalue weighted by Gasteiger charge is -2.22. The van der Waals surface area contributed by atoms with Gasteiger partial charge in [-0.2, -0.15) is 0 Å². The van der Waals surface area contributed by atoms with Crippen molar-refractivity contribution in [2.75, 3.05) is 36.4 Å². The van der Waals surface area contributed by atoms with E-state index in [1.54, 1.807) is 0 Å². The molecule has 0 aliphatic heterocycles. The second-order valence-corrected chi connectivity index (χ2v) is 7.46. The van der Waals surface area contributed by atoms with E-state index in [1.165, 1.54) is 37.8 Å². The lowest BCUT2D eigenvalue weighted by molar-refractivity contribution is -0.159. The zero-order chi connectivity index (χ0) is 22.5. The number of hydrogen-bond acceptors (Lipinski definition) is 5. The molecule has 0 radical (unpaired) electrons. The first-order chi connectivity index (χ1) is 14.3. The van der Waals surface area contributed by atoms with Crippen LogP contribution in [0.3, 0.4) is 0 Å². The lowest BCUT2D eigenvalue weighted by Crippen LogP contribution is -2.32. The molecule has 4 N–H and O–H groups in total. The highest BCUT2D eigenvalue weighted by molar-refractivity contribution is 6.27. The summed E-state index contributed by atoms with van der Waals surface area (Å²) in [5.74, 6) is -2.85. The summed E-state index contributed by atoms with van der Waals surface area (Å²) in [7, 11) is 0. The number of anilines is 2. The molecule has 1 aromatic rings. The Labute approximate surface area is 178 Å². The highest BCUT2D eigenvalue weighted by atomic mass is 16.4. The van der Waals surface area contributed by atoms with Crippen LogP contribution in [-0.2, 0) is 14.4 Å². The Balaban J connectivity index is 0.000000656. The summed E-state index contributed by atoms with van der Waals surface area (Å²) in [6, 6.07) is 6.26. The van der Waals surface area contributed by atoms with Crippen LogP contribution >= 0.6 is 0 Å². The van der Waals surface area contributed by atoms with Crippen molar-refractivity contribution < 1.29 is 24.6 Å².